The van der Waals surface area contributed by atoms with Crippen LogP contribution in [0.25, 0.3) is 0 Å². The SMILES string of the molecule is CSc1cc(C(=O)N2CCOC(C(=O)O)C2)ccc1F. The van der Waals surface area contributed by atoms with E-state index in [1.54, 1.807) is 6.26 Å². The number of amides is 1. The predicted molar refractivity (Wildman–Crippen MR) is 71.5 cm³/mol. The van der Waals surface area contributed by atoms with E-state index in [1.807, 2.05) is 0 Å². The van der Waals surface area contributed by atoms with E-state index in [0.29, 0.717) is 17.0 Å². The molecule has 0 saturated carbocycles. The molecule has 1 atom stereocenters. The maximum atomic E-state index is 13.4. The van der Waals surface area contributed by atoms with Crippen molar-refractivity contribution >= 4 is 23.6 Å². The summed E-state index contributed by atoms with van der Waals surface area (Å²) in [5.74, 6) is -1.78. The molecule has 1 unspecified atom stereocenters. The van der Waals surface area contributed by atoms with Crippen LogP contribution in [0, 0.1) is 5.82 Å². The van der Waals surface area contributed by atoms with Crippen molar-refractivity contribution in [2.24, 2.45) is 0 Å². The van der Waals surface area contributed by atoms with Gasteiger partial charge >= 0.3 is 5.97 Å². The van der Waals surface area contributed by atoms with Crippen molar-refractivity contribution in [3.05, 3.63) is 29.6 Å². The van der Waals surface area contributed by atoms with Crippen LogP contribution in [0.5, 0.6) is 0 Å². The second-order valence-corrected chi connectivity index (χ2v) is 5.15. The second-order valence-electron chi connectivity index (χ2n) is 4.30. The fourth-order valence-electron chi connectivity index (χ4n) is 1.96. The van der Waals surface area contributed by atoms with Crippen molar-refractivity contribution in [2.45, 2.75) is 11.0 Å². The number of thioether (sulfide) groups is 1. The molecule has 20 heavy (non-hydrogen) atoms. The molecular formula is C13H14FNO4S. The van der Waals surface area contributed by atoms with Gasteiger partial charge in [0.05, 0.1) is 13.2 Å². The number of morpholine rings is 1. The van der Waals surface area contributed by atoms with Gasteiger partial charge in [-0.15, -0.1) is 11.8 Å². The van der Waals surface area contributed by atoms with Crippen LogP contribution < -0.4 is 0 Å². The third-order valence-electron chi connectivity index (χ3n) is 3.03. The molecule has 1 fully saturated rings. The molecule has 1 aliphatic rings. The van der Waals surface area contributed by atoms with Crippen molar-refractivity contribution < 1.29 is 23.8 Å². The molecule has 108 valence electrons. The Kier molecular flexibility index (Phi) is 4.61. The highest BCUT2D eigenvalue weighted by Crippen LogP contribution is 2.21. The van der Waals surface area contributed by atoms with E-state index in [9.17, 15) is 14.0 Å². The van der Waals surface area contributed by atoms with E-state index in [4.69, 9.17) is 9.84 Å². The third-order valence-corrected chi connectivity index (χ3v) is 3.78. The van der Waals surface area contributed by atoms with Crippen molar-refractivity contribution in [2.75, 3.05) is 26.0 Å². The summed E-state index contributed by atoms with van der Waals surface area (Å²) in [6.07, 6.45) is 0.718. The maximum absolute atomic E-state index is 13.4. The summed E-state index contributed by atoms with van der Waals surface area (Å²) < 4.78 is 18.5. The molecule has 1 heterocycles. The quantitative estimate of drug-likeness (QED) is 0.856. The first-order valence-corrected chi connectivity index (χ1v) is 7.22. The standard InChI is InChI=1S/C13H14FNO4S/c1-20-11-6-8(2-3-9(11)14)12(16)15-4-5-19-10(7-15)13(17)18/h2-3,6,10H,4-5,7H2,1H3,(H,17,18). The second kappa shape index (κ2) is 6.23. The summed E-state index contributed by atoms with van der Waals surface area (Å²) in [4.78, 5) is 25.0. The molecular weight excluding hydrogens is 285 g/mol. The average molecular weight is 299 g/mol. The number of hydrogen-bond acceptors (Lipinski definition) is 4. The van der Waals surface area contributed by atoms with Crippen LogP contribution >= 0.6 is 11.8 Å². The Bertz CT molecular complexity index is 537. The summed E-state index contributed by atoms with van der Waals surface area (Å²) >= 11 is 1.21. The van der Waals surface area contributed by atoms with Gasteiger partial charge < -0.3 is 14.7 Å². The molecule has 7 heteroatoms. The molecule has 1 aromatic rings. The number of carboxylic acid groups (broad SMARTS) is 1. The van der Waals surface area contributed by atoms with Crippen molar-refractivity contribution in [1.82, 2.24) is 4.90 Å². The summed E-state index contributed by atoms with van der Waals surface area (Å²) in [7, 11) is 0. The van der Waals surface area contributed by atoms with E-state index in [1.165, 1.54) is 34.9 Å². The molecule has 0 aliphatic carbocycles. The molecule has 5 nitrogen and oxygen atoms in total. The Hall–Kier alpha value is -1.60. The molecule has 1 aliphatic heterocycles. The summed E-state index contributed by atoms with van der Waals surface area (Å²) in [5.41, 5.74) is 0.349. The van der Waals surface area contributed by atoms with Crippen LogP contribution in [0.3, 0.4) is 0 Å². The predicted octanol–water partition coefficient (Wildman–Crippen LogP) is 1.47. The largest absolute Gasteiger partial charge is 0.479 e. The van der Waals surface area contributed by atoms with Gasteiger partial charge in [-0.3, -0.25) is 4.79 Å². The van der Waals surface area contributed by atoms with Gasteiger partial charge in [0.15, 0.2) is 6.10 Å². The van der Waals surface area contributed by atoms with E-state index in [-0.39, 0.29) is 24.9 Å². The van der Waals surface area contributed by atoms with Crippen molar-refractivity contribution in [3.8, 4) is 0 Å². The van der Waals surface area contributed by atoms with Gasteiger partial charge in [-0.2, -0.15) is 0 Å². The minimum atomic E-state index is -1.09. The summed E-state index contributed by atoms with van der Waals surface area (Å²) in [5, 5.41) is 8.91. The van der Waals surface area contributed by atoms with E-state index < -0.39 is 12.1 Å². The van der Waals surface area contributed by atoms with E-state index >= 15 is 0 Å². The molecule has 1 amide bonds. The number of carbonyl (C=O) groups is 2. The van der Waals surface area contributed by atoms with Crippen LogP contribution in [0.4, 0.5) is 4.39 Å². The number of rotatable bonds is 3. The molecule has 2 rings (SSSR count). The lowest BCUT2D eigenvalue weighted by molar-refractivity contribution is -0.154. The number of benzene rings is 1. The fourth-order valence-corrected chi connectivity index (χ4v) is 2.47. The van der Waals surface area contributed by atoms with E-state index in [2.05, 4.69) is 0 Å². The Morgan fingerprint density at radius 2 is 2.25 bits per heavy atom. The van der Waals surface area contributed by atoms with Gasteiger partial charge in [-0.05, 0) is 24.5 Å². The fraction of sp³-hybridized carbons (Fsp3) is 0.385. The summed E-state index contributed by atoms with van der Waals surface area (Å²) in [6, 6.07) is 4.13. The van der Waals surface area contributed by atoms with Gasteiger partial charge in [0.25, 0.3) is 5.91 Å². The van der Waals surface area contributed by atoms with Gasteiger partial charge in [0.1, 0.15) is 5.82 Å². The Morgan fingerprint density at radius 1 is 1.50 bits per heavy atom. The van der Waals surface area contributed by atoms with Gasteiger partial charge in [0, 0.05) is 17.0 Å². The number of halogens is 1. The van der Waals surface area contributed by atoms with Crippen LogP contribution in [0.1, 0.15) is 10.4 Å². The monoisotopic (exact) mass is 299 g/mol. The molecule has 1 aromatic carbocycles. The topological polar surface area (TPSA) is 66.8 Å². The first-order valence-electron chi connectivity index (χ1n) is 6.00. The first-order chi connectivity index (χ1) is 9.52. The van der Waals surface area contributed by atoms with Gasteiger partial charge in [0.2, 0.25) is 0 Å². The zero-order valence-corrected chi connectivity index (χ0v) is 11.7. The highest BCUT2D eigenvalue weighted by Gasteiger charge is 2.29. The smallest absolute Gasteiger partial charge is 0.334 e. The highest BCUT2D eigenvalue weighted by molar-refractivity contribution is 7.98. The lowest BCUT2D eigenvalue weighted by Crippen LogP contribution is -2.48. The molecule has 0 radical (unpaired) electrons. The highest BCUT2D eigenvalue weighted by atomic mass is 32.2. The third kappa shape index (κ3) is 3.10. The number of hydrogen-bond donors (Lipinski definition) is 1. The molecule has 0 bridgehead atoms. The molecule has 1 saturated heterocycles. The number of nitrogens with zero attached hydrogens (tertiary/aromatic N) is 1. The van der Waals surface area contributed by atoms with Crippen molar-refractivity contribution in [3.63, 3.8) is 0 Å². The molecule has 1 N–H and O–H groups in total. The lowest BCUT2D eigenvalue weighted by atomic mass is 10.1. The lowest BCUT2D eigenvalue weighted by Gasteiger charge is -2.31. The zero-order valence-electron chi connectivity index (χ0n) is 10.8. The number of ether oxygens (including phenoxy) is 1. The van der Waals surface area contributed by atoms with Gasteiger partial charge in [-0.25, -0.2) is 9.18 Å². The number of carbonyl (C=O) groups excluding carboxylic acids is 1. The van der Waals surface area contributed by atoms with Crippen LogP contribution in [0.15, 0.2) is 23.1 Å². The van der Waals surface area contributed by atoms with Gasteiger partial charge in [-0.1, -0.05) is 0 Å². The Balaban J connectivity index is 2.16. The van der Waals surface area contributed by atoms with Crippen LogP contribution in [-0.4, -0.2) is 53.9 Å². The molecule has 0 aromatic heterocycles. The average Bonchev–Trinajstić information content (AvgIpc) is 2.47. The maximum Gasteiger partial charge on any atom is 0.334 e. The van der Waals surface area contributed by atoms with Crippen LogP contribution in [-0.2, 0) is 9.53 Å². The zero-order chi connectivity index (χ0) is 14.7. The van der Waals surface area contributed by atoms with Crippen LogP contribution in [0.2, 0.25) is 0 Å². The number of aliphatic carboxylic acids is 1. The summed E-state index contributed by atoms with van der Waals surface area (Å²) in [6.45, 7) is 0.508. The number of carboxylic acids is 1. The normalized spacial score (nSPS) is 18.9. The minimum Gasteiger partial charge on any atom is -0.479 e. The molecule has 0 spiro atoms. The minimum absolute atomic E-state index is 0.000143. The first kappa shape index (κ1) is 14.8. The van der Waals surface area contributed by atoms with Crippen molar-refractivity contribution in [1.29, 1.82) is 0 Å². The Morgan fingerprint density at radius 3 is 2.90 bits per heavy atom. The Labute approximate surface area is 119 Å². The van der Waals surface area contributed by atoms with E-state index in [0.717, 1.165) is 0 Å².